The Hall–Kier alpha value is -1.58. The highest BCUT2D eigenvalue weighted by atomic mass is 16.6. The van der Waals surface area contributed by atoms with Crippen LogP contribution < -0.4 is 0 Å². The molecular formula is C28H38O4. The molecule has 8 fully saturated rings. The maximum atomic E-state index is 12.5. The van der Waals surface area contributed by atoms with Gasteiger partial charge in [0, 0.05) is 17.6 Å². The number of esters is 2. The van der Waals surface area contributed by atoms with Crippen LogP contribution in [0.3, 0.4) is 0 Å². The van der Waals surface area contributed by atoms with Gasteiger partial charge in [-0.2, -0.15) is 0 Å². The molecule has 174 valence electrons. The summed E-state index contributed by atoms with van der Waals surface area (Å²) in [5, 5.41) is 0. The van der Waals surface area contributed by atoms with Crippen molar-refractivity contribution in [2.45, 2.75) is 95.2 Å². The molecule has 0 radical (unpaired) electrons. The Labute approximate surface area is 192 Å². The van der Waals surface area contributed by atoms with Gasteiger partial charge in [0.25, 0.3) is 0 Å². The molecule has 8 rings (SSSR count). The average molecular weight is 439 g/mol. The maximum Gasteiger partial charge on any atom is 0.330 e. The first-order valence-electron chi connectivity index (χ1n) is 13.0. The van der Waals surface area contributed by atoms with E-state index in [-0.39, 0.29) is 34.5 Å². The smallest absolute Gasteiger partial charge is 0.330 e. The lowest BCUT2D eigenvalue weighted by Crippen LogP contribution is -2.60. The molecule has 8 bridgehead atoms. The standard InChI is InChI=1S/C28H38O4/c1-3-24(29)31-23(27-11-18-5-19(12-27)7-20(6-18)13-27)16-26-9-21-8-22(10-26)15-28(14-21,17-26)32-25(30)4-2/h3-4,18-23H,1-2,5-17H2. The monoisotopic (exact) mass is 438 g/mol. The second kappa shape index (κ2) is 7.21. The summed E-state index contributed by atoms with van der Waals surface area (Å²) in [5.74, 6) is 3.18. The van der Waals surface area contributed by atoms with E-state index in [0.29, 0.717) is 11.8 Å². The Kier molecular flexibility index (Phi) is 4.73. The lowest BCUT2D eigenvalue weighted by molar-refractivity contribution is -0.212. The fourth-order valence-corrected chi connectivity index (χ4v) is 10.5. The van der Waals surface area contributed by atoms with Gasteiger partial charge < -0.3 is 9.47 Å². The third-order valence-electron chi connectivity index (χ3n) is 10.4. The van der Waals surface area contributed by atoms with Crippen molar-refractivity contribution in [1.29, 1.82) is 0 Å². The molecule has 0 aromatic rings. The minimum atomic E-state index is -0.330. The number of ether oxygens (including phenoxy) is 2. The van der Waals surface area contributed by atoms with Crippen molar-refractivity contribution >= 4 is 11.9 Å². The minimum Gasteiger partial charge on any atom is -0.459 e. The summed E-state index contributed by atoms with van der Waals surface area (Å²) in [6.45, 7) is 7.33. The lowest BCUT2D eigenvalue weighted by atomic mass is 9.43. The van der Waals surface area contributed by atoms with Gasteiger partial charge in [-0.1, -0.05) is 13.2 Å². The molecule has 4 heteroatoms. The topological polar surface area (TPSA) is 52.6 Å². The molecule has 4 nitrogen and oxygen atoms in total. The van der Waals surface area contributed by atoms with Crippen LogP contribution in [0.2, 0.25) is 0 Å². The fourth-order valence-electron chi connectivity index (χ4n) is 10.5. The summed E-state index contributed by atoms with van der Waals surface area (Å²) in [5.41, 5.74) is -0.0491. The zero-order valence-electron chi connectivity index (χ0n) is 19.4. The second-order valence-corrected chi connectivity index (χ2v) is 12.9. The van der Waals surface area contributed by atoms with Gasteiger partial charge in [-0.15, -0.1) is 0 Å². The Bertz CT molecular complexity index is 791. The zero-order chi connectivity index (χ0) is 22.1. The molecule has 0 saturated heterocycles. The first-order chi connectivity index (χ1) is 15.3. The van der Waals surface area contributed by atoms with Crippen LogP contribution >= 0.6 is 0 Å². The van der Waals surface area contributed by atoms with Gasteiger partial charge in [0.15, 0.2) is 0 Å². The van der Waals surface area contributed by atoms with Gasteiger partial charge in [0.2, 0.25) is 0 Å². The van der Waals surface area contributed by atoms with E-state index in [2.05, 4.69) is 13.2 Å². The third-order valence-corrected chi connectivity index (χ3v) is 10.4. The first-order valence-corrected chi connectivity index (χ1v) is 13.0. The van der Waals surface area contributed by atoms with Crippen LogP contribution in [0.1, 0.15) is 83.5 Å². The number of hydrogen-bond donors (Lipinski definition) is 0. The van der Waals surface area contributed by atoms with Crippen molar-refractivity contribution in [2.75, 3.05) is 0 Å². The van der Waals surface area contributed by atoms with Crippen molar-refractivity contribution < 1.29 is 19.1 Å². The highest BCUT2D eigenvalue weighted by molar-refractivity contribution is 5.82. The van der Waals surface area contributed by atoms with E-state index in [9.17, 15) is 9.59 Å². The molecule has 8 aliphatic carbocycles. The molecule has 0 N–H and O–H groups in total. The number of carbonyl (C=O) groups excluding carboxylic acids is 2. The molecule has 0 aromatic carbocycles. The normalized spacial score (nSPS) is 48.3. The van der Waals surface area contributed by atoms with Gasteiger partial charge in [-0.25, -0.2) is 9.59 Å². The van der Waals surface area contributed by atoms with E-state index in [1.54, 1.807) is 0 Å². The maximum absolute atomic E-state index is 12.5. The van der Waals surface area contributed by atoms with E-state index in [0.717, 1.165) is 43.4 Å². The highest BCUT2D eigenvalue weighted by Gasteiger charge is 2.62. The molecule has 0 spiro atoms. The predicted octanol–water partition coefficient (Wildman–Crippen LogP) is 5.76. The Morgan fingerprint density at radius 3 is 1.84 bits per heavy atom. The van der Waals surface area contributed by atoms with Gasteiger partial charge in [0.05, 0.1) is 0 Å². The van der Waals surface area contributed by atoms with E-state index in [4.69, 9.17) is 9.47 Å². The molecule has 32 heavy (non-hydrogen) atoms. The summed E-state index contributed by atoms with van der Waals surface area (Å²) in [4.78, 5) is 24.7. The molecule has 3 atom stereocenters. The number of hydrogen-bond acceptors (Lipinski definition) is 4. The second-order valence-electron chi connectivity index (χ2n) is 12.9. The van der Waals surface area contributed by atoms with Crippen LogP contribution in [0.4, 0.5) is 0 Å². The van der Waals surface area contributed by atoms with Gasteiger partial charge in [0.1, 0.15) is 11.7 Å². The van der Waals surface area contributed by atoms with Crippen molar-refractivity contribution in [1.82, 2.24) is 0 Å². The highest BCUT2D eigenvalue weighted by Crippen LogP contribution is 2.67. The average Bonchev–Trinajstić information content (AvgIpc) is 2.70. The van der Waals surface area contributed by atoms with Crippen molar-refractivity contribution in [3.63, 3.8) is 0 Å². The van der Waals surface area contributed by atoms with E-state index >= 15 is 0 Å². The molecule has 0 aromatic heterocycles. The van der Waals surface area contributed by atoms with Crippen molar-refractivity contribution in [2.24, 2.45) is 40.4 Å². The third kappa shape index (κ3) is 3.39. The largest absolute Gasteiger partial charge is 0.459 e. The van der Waals surface area contributed by atoms with E-state index in [1.807, 2.05) is 0 Å². The molecule has 0 aliphatic heterocycles. The van der Waals surface area contributed by atoms with Crippen LogP contribution in [-0.4, -0.2) is 23.6 Å². The number of rotatable bonds is 7. The van der Waals surface area contributed by atoms with Crippen molar-refractivity contribution in [3.05, 3.63) is 25.3 Å². The minimum absolute atomic E-state index is 0.0233. The molecule has 0 heterocycles. The molecule has 8 aliphatic rings. The van der Waals surface area contributed by atoms with Gasteiger partial charge in [-0.05, 0) is 118 Å². The Morgan fingerprint density at radius 1 is 0.781 bits per heavy atom. The van der Waals surface area contributed by atoms with Crippen LogP contribution in [0.25, 0.3) is 0 Å². The summed E-state index contributed by atoms with van der Waals surface area (Å²) in [7, 11) is 0. The first kappa shape index (κ1) is 21.0. The predicted molar refractivity (Wildman–Crippen MR) is 121 cm³/mol. The molecular weight excluding hydrogens is 400 g/mol. The quantitative estimate of drug-likeness (QED) is 0.375. The van der Waals surface area contributed by atoms with Gasteiger partial charge in [-0.3, -0.25) is 0 Å². The zero-order valence-corrected chi connectivity index (χ0v) is 19.4. The van der Waals surface area contributed by atoms with Crippen LogP contribution in [0.15, 0.2) is 25.3 Å². The number of carbonyl (C=O) groups is 2. The fraction of sp³-hybridized carbons (Fsp3) is 0.786. The summed E-state index contributed by atoms with van der Waals surface area (Å²) in [6, 6.07) is 0. The SMILES string of the molecule is C=CC(=O)OC(CC12CC3CC(C1)CC(OC(=O)C=C)(C3)C2)C12CC3CC(CC(C3)C1)C2. The van der Waals surface area contributed by atoms with Gasteiger partial charge >= 0.3 is 11.9 Å². The molecule has 8 saturated carbocycles. The van der Waals surface area contributed by atoms with Crippen LogP contribution in [-0.2, 0) is 19.1 Å². The lowest BCUT2D eigenvalue weighted by Gasteiger charge is -2.64. The summed E-state index contributed by atoms with van der Waals surface area (Å²) < 4.78 is 12.4. The van der Waals surface area contributed by atoms with Crippen molar-refractivity contribution in [3.8, 4) is 0 Å². The summed E-state index contributed by atoms with van der Waals surface area (Å²) >= 11 is 0. The van der Waals surface area contributed by atoms with E-state index in [1.165, 1.54) is 69.9 Å². The summed E-state index contributed by atoms with van der Waals surface area (Å²) in [6.07, 6.45) is 18.0. The van der Waals surface area contributed by atoms with E-state index < -0.39 is 0 Å². The Morgan fingerprint density at radius 2 is 1.31 bits per heavy atom. The Balaban J connectivity index is 1.30. The molecule has 0 amide bonds. The van der Waals surface area contributed by atoms with Crippen LogP contribution in [0.5, 0.6) is 0 Å². The molecule has 3 unspecified atom stereocenters. The van der Waals surface area contributed by atoms with Crippen LogP contribution in [0, 0.1) is 40.4 Å².